The fourth-order valence-electron chi connectivity index (χ4n) is 6.66. The highest BCUT2D eigenvalue weighted by molar-refractivity contribution is 5.77. The van der Waals surface area contributed by atoms with E-state index in [-0.39, 0.29) is 54.5 Å². The molecule has 1 N–H and O–H groups in total. The Morgan fingerprint density at radius 3 is 2.45 bits per heavy atom. The van der Waals surface area contributed by atoms with Crippen LogP contribution in [0, 0.1) is 17.8 Å². The van der Waals surface area contributed by atoms with Crippen LogP contribution in [-0.4, -0.2) is 82.7 Å². The number of halogens is 2. The lowest BCUT2D eigenvalue weighted by atomic mass is 10.00. The first-order valence-electron chi connectivity index (χ1n) is 14.0. The van der Waals surface area contributed by atoms with E-state index in [9.17, 15) is 18.4 Å². The molecule has 2 amide bonds. The third-order valence-corrected chi connectivity index (χ3v) is 8.98. The Balaban J connectivity index is 1.11. The number of anilines is 1. The first kappa shape index (κ1) is 25.7. The fraction of sp³-hybridized carbons (Fsp3) is 0.778. The van der Waals surface area contributed by atoms with Crippen LogP contribution in [-0.2, 0) is 21.9 Å². The van der Waals surface area contributed by atoms with E-state index in [1.54, 1.807) is 4.90 Å². The molecule has 0 bridgehead atoms. The summed E-state index contributed by atoms with van der Waals surface area (Å²) >= 11 is 0. The standard InChI is InChI=1S/C27H38F2N6O3/c1-15-6-8-35(15)24-31-21(16-5-7-27(28,29)23(16)32-24)22-20-17(18(20)14-30-22)13-19(36)33-9-11-34(12-10-33)25(37)38-26(2,3)4/h15,17-18,20,22,30H,5-14H2,1-4H3/t15-,17+,18-,20+,22?/m0/s1. The summed E-state index contributed by atoms with van der Waals surface area (Å²) in [4.78, 5) is 40.2. The van der Waals surface area contributed by atoms with E-state index >= 15 is 0 Å². The van der Waals surface area contributed by atoms with Gasteiger partial charge < -0.3 is 24.8 Å². The number of carbonyl (C=O) groups is 2. The van der Waals surface area contributed by atoms with Crippen LogP contribution in [0.15, 0.2) is 0 Å². The number of aromatic nitrogens is 2. The predicted octanol–water partition coefficient (Wildman–Crippen LogP) is 3.09. The van der Waals surface area contributed by atoms with Gasteiger partial charge in [0.2, 0.25) is 11.9 Å². The summed E-state index contributed by atoms with van der Waals surface area (Å²) in [7, 11) is 0. The number of hydrogen-bond acceptors (Lipinski definition) is 7. The molecule has 0 spiro atoms. The van der Waals surface area contributed by atoms with Crippen LogP contribution in [0.2, 0.25) is 0 Å². The fourth-order valence-corrected chi connectivity index (χ4v) is 6.66. The van der Waals surface area contributed by atoms with Crippen molar-refractivity contribution in [3.05, 3.63) is 17.0 Å². The lowest BCUT2D eigenvalue weighted by Gasteiger charge is -2.39. The van der Waals surface area contributed by atoms with Gasteiger partial charge in [0.25, 0.3) is 5.92 Å². The molecular weight excluding hydrogens is 494 g/mol. The SMILES string of the molecule is C[C@H]1CCN1c1nc(C2NC[C@H]3[C@@H](CC(=O)N4CCN(C(=O)OC(C)(C)C)CC4)[C@@H]23)c2c(n1)C(F)(F)CC2. The minimum Gasteiger partial charge on any atom is -0.444 e. The highest BCUT2D eigenvalue weighted by Gasteiger charge is 2.60. The molecule has 4 heterocycles. The molecule has 1 aromatic rings. The number of piperidine rings is 1. The zero-order valence-corrected chi connectivity index (χ0v) is 22.7. The van der Waals surface area contributed by atoms with Gasteiger partial charge in [-0.2, -0.15) is 8.78 Å². The van der Waals surface area contributed by atoms with Gasteiger partial charge in [0.1, 0.15) is 11.3 Å². The quantitative estimate of drug-likeness (QED) is 0.637. The van der Waals surface area contributed by atoms with E-state index in [1.807, 2.05) is 30.6 Å². The number of amides is 2. The van der Waals surface area contributed by atoms with Crippen molar-refractivity contribution in [3.63, 3.8) is 0 Å². The summed E-state index contributed by atoms with van der Waals surface area (Å²) in [6.45, 7) is 11.0. The maximum Gasteiger partial charge on any atom is 0.410 e. The third kappa shape index (κ3) is 4.50. The Morgan fingerprint density at radius 1 is 1.11 bits per heavy atom. The lowest BCUT2D eigenvalue weighted by molar-refractivity contribution is -0.133. The topological polar surface area (TPSA) is 90.9 Å². The molecule has 0 aromatic carbocycles. The van der Waals surface area contributed by atoms with Gasteiger partial charge in [-0.05, 0) is 64.8 Å². The monoisotopic (exact) mass is 532 g/mol. The lowest BCUT2D eigenvalue weighted by Crippen LogP contribution is -2.51. The number of rotatable bonds is 4. The van der Waals surface area contributed by atoms with Crippen molar-refractivity contribution in [1.82, 2.24) is 25.1 Å². The van der Waals surface area contributed by atoms with Crippen LogP contribution >= 0.6 is 0 Å². The van der Waals surface area contributed by atoms with E-state index in [0.717, 1.165) is 25.2 Å². The Kier molecular flexibility index (Phi) is 6.08. The van der Waals surface area contributed by atoms with Crippen LogP contribution in [0.5, 0.6) is 0 Å². The molecule has 1 aromatic heterocycles. The minimum atomic E-state index is -2.92. The molecule has 3 aliphatic heterocycles. The first-order valence-corrected chi connectivity index (χ1v) is 14.0. The first-order chi connectivity index (χ1) is 17.9. The van der Waals surface area contributed by atoms with Crippen LogP contribution in [0.1, 0.15) is 70.0 Å². The van der Waals surface area contributed by atoms with E-state index in [0.29, 0.717) is 50.0 Å². The minimum absolute atomic E-state index is 0.0986. The summed E-state index contributed by atoms with van der Waals surface area (Å²) < 4.78 is 35.0. The molecule has 6 rings (SSSR count). The maximum absolute atomic E-state index is 14.8. The zero-order chi connectivity index (χ0) is 27.0. The molecular formula is C27H38F2N6O3. The van der Waals surface area contributed by atoms with Crippen LogP contribution in [0.25, 0.3) is 0 Å². The van der Waals surface area contributed by atoms with Gasteiger partial charge in [-0.25, -0.2) is 14.8 Å². The van der Waals surface area contributed by atoms with Gasteiger partial charge in [0.15, 0.2) is 0 Å². The van der Waals surface area contributed by atoms with Crippen molar-refractivity contribution in [1.29, 1.82) is 0 Å². The third-order valence-electron chi connectivity index (χ3n) is 8.98. The highest BCUT2D eigenvalue weighted by Crippen LogP contribution is 2.60. The average Bonchev–Trinajstić information content (AvgIpc) is 3.17. The number of nitrogens with one attached hydrogen (secondary N) is 1. The van der Waals surface area contributed by atoms with Crippen molar-refractivity contribution < 1.29 is 23.1 Å². The van der Waals surface area contributed by atoms with Gasteiger partial charge >= 0.3 is 6.09 Å². The van der Waals surface area contributed by atoms with Gasteiger partial charge in [-0.1, -0.05) is 0 Å². The summed E-state index contributed by atoms with van der Waals surface area (Å²) in [5.41, 5.74) is 0.666. The van der Waals surface area contributed by atoms with Gasteiger partial charge in [-0.3, -0.25) is 4.79 Å². The number of nitrogens with zero attached hydrogens (tertiary/aromatic N) is 5. The molecule has 1 unspecified atom stereocenters. The molecule has 38 heavy (non-hydrogen) atoms. The summed E-state index contributed by atoms with van der Waals surface area (Å²) in [6.07, 6.45) is 1.18. The highest BCUT2D eigenvalue weighted by atomic mass is 19.3. The van der Waals surface area contributed by atoms with Gasteiger partial charge in [0, 0.05) is 57.2 Å². The maximum atomic E-state index is 14.8. The van der Waals surface area contributed by atoms with E-state index in [4.69, 9.17) is 9.72 Å². The molecule has 4 fully saturated rings. The second kappa shape index (κ2) is 8.99. The molecule has 5 atom stereocenters. The number of ether oxygens (including phenoxy) is 1. The Labute approximate surface area is 222 Å². The van der Waals surface area contributed by atoms with Crippen molar-refractivity contribution in [2.45, 2.75) is 77.0 Å². The molecule has 2 aliphatic carbocycles. The number of carbonyl (C=O) groups excluding carboxylic acids is 2. The summed E-state index contributed by atoms with van der Waals surface area (Å²) in [6, 6.07) is 0.130. The zero-order valence-electron chi connectivity index (χ0n) is 22.7. The van der Waals surface area contributed by atoms with Gasteiger partial charge in [-0.15, -0.1) is 0 Å². The molecule has 11 heteroatoms. The van der Waals surface area contributed by atoms with Crippen molar-refractivity contribution in [2.75, 3.05) is 44.2 Å². The predicted molar refractivity (Wildman–Crippen MR) is 136 cm³/mol. The molecule has 9 nitrogen and oxygen atoms in total. The molecule has 5 aliphatic rings. The van der Waals surface area contributed by atoms with Crippen LogP contribution < -0.4 is 10.2 Å². The second-order valence-electron chi connectivity index (χ2n) is 12.6. The number of piperazine rings is 1. The van der Waals surface area contributed by atoms with Crippen LogP contribution in [0.4, 0.5) is 19.5 Å². The summed E-state index contributed by atoms with van der Waals surface area (Å²) in [5, 5.41) is 3.53. The molecule has 3 saturated heterocycles. The van der Waals surface area contributed by atoms with Crippen molar-refractivity contribution in [3.8, 4) is 0 Å². The van der Waals surface area contributed by atoms with E-state index < -0.39 is 11.5 Å². The Morgan fingerprint density at radius 2 is 1.82 bits per heavy atom. The normalized spacial score (nSPS) is 31.5. The molecule has 1 saturated carbocycles. The van der Waals surface area contributed by atoms with Crippen molar-refractivity contribution >= 4 is 17.9 Å². The second-order valence-corrected chi connectivity index (χ2v) is 12.6. The number of hydrogen-bond donors (Lipinski definition) is 1. The molecule has 208 valence electrons. The van der Waals surface area contributed by atoms with Crippen molar-refractivity contribution in [2.24, 2.45) is 17.8 Å². The van der Waals surface area contributed by atoms with Crippen LogP contribution in [0.3, 0.4) is 0 Å². The average molecular weight is 533 g/mol. The van der Waals surface area contributed by atoms with Gasteiger partial charge in [0.05, 0.1) is 11.7 Å². The number of alkyl halides is 2. The Bertz CT molecular complexity index is 1130. The Hall–Kier alpha value is -2.56. The van der Waals surface area contributed by atoms with E-state index in [2.05, 4.69) is 17.2 Å². The van der Waals surface area contributed by atoms with E-state index in [1.165, 1.54) is 0 Å². The largest absolute Gasteiger partial charge is 0.444 e. The summed E-state index contributed by atoms with van der Waals surface area (Å²) in [5.74, 6) is -1.62. The molecule has 0 radical (unpaired) electrons. The smallest absolute Gasteiger partial charge is 0.410 e. The number of fused-ring (bicyclic) bond motifs is 2.